The lowest BCUT2D eigenvalue weighted by molar-refractivity contribution is 0.409. The second-order valence-electron chi connectivity index (χ2n) is 5.81. The average molecular weight is 342 g/mol. The predicted molar refractivity (Wildman–Crippen MR) is 90.5 cm³/mol. The predicted octanol–water partition coefficient (Wildman–Crippen LogP) is 3.34. The van der Waals surface area contributed by atoms with E-state index in [0.29, 0.717) is 43.4 Å². The van der Waals surface area contributed by atoms with Crippen LogP contribution in [-0.2, 0) is 0 Å². The highest BCUT2D eigenvalue weighted by molar-refractivity contribution is 5.56. The molecule has 1 aliphatic rings. The van der Waals surface area contributed by atoms with Gasteiger partial charge in [-0.1, -0.05) is 29.4 Å². The first kappa shape index (κ1) is 15.6. The van der Waals surface area contributed by atoms with Crippen molar-refractivity contribution in [3.63, 3.8) is 0 Å². The Morgan fingerprint density at radius 3 is 2.16 bits per heavy atom. The largest absolute Gasteiger partial charge is 0.366 e. The van der Waals surface area contributed by atoms with Crippen molar-refractivity contribution in [1.82, 2.24) is 10.1 Å². The van der Waals surface area contributed by atoms with Crippen LogP contribution in [0.15, 0.2) is 53.1 Å². The Kier molecular flexibility index (Phi) is 4.05. The Morgan fingerprint density at radius 2 is 1.44 bits per heavy atom. The molecule has 4 rings (SSSR count). The number of nitrogens with zero attached hydrogens (tertiary/aromatic N) is 4. The summed E-state index contributed by atoms with van der Waals surface area (Å²) < 4.78 is 33.0. The third kappa shape index (κ3) is 3.05. The summed E-state index contributed by atoms with van der Waals surface area (Å²) in [6, 6.07) is 13.4. The second-order valence-corrected chi connectivity index (χ2v) is 5.81. The van der Waals surface area contributed by atoms with Crippen molar-refractivity contribution in [2.45, 2.75) is 0 Å². The molecule has 25 heavy (non-hydrogen) atoms. The minimum Gasteiger partial charge on any atom is -0.366 e. The van der Waals surface area contributed by atoms with Crippen molar-refractivity contribution in [2.75, 3.05) is 36.0 Å². The van der Waals surface area contributed by atoms with Gasteiger partial charge < -0.3 is 14.3 Å². The summed E-state index contributed by atoms with van der Waals surface area (Å²) in [5, 5.41) is 3.87. The third-order valence-corrected chi connectivity index (χ3v) is 4.27. The van der Waals surface area contributed by atoms with Crippen molar-refractivity contribution in [1.29, 1.82) is 0 Å². The van der Waals surface area contributed by atoms with Crippen LogP contribution >= 0.6 is 0 Å². The standard InChI is InChI=1S/C18H16F2N4O/c19-14-6-2-1-5-13(14)17-21-18(25-22-17)24-11-9-23(10-12-24)16-8-4-3-7-15(16)20/h1-8H,9-12H2. The van der Waals surface area contributed by atoms with Crippen LogP contribution < -0.4 is 9.80 Å². The van der Waals surface area contributed by atoms with Crippen LogP contribution in [0.4, 0.5) is 20.5 Å². The smallest absolute Gasteiger partial charge is 0.324 e. The summed E-state index contributed by atoms with van der Waals surface area (Å²) in [5.74, 6) is -0.389. The van der Waals surface area contributed by atoms with Gasteiger partial charge >= 0.3 is 6.01 Å². The van der Waals surface area contributed by atoms with Crippen LogP contribution in [0, 0.1) is 11.6 Å². The van der Waals surface area contributed by atoms with Gasteiger partial charge in [0.2, 0.25) is 5.82 Å². The number of halogens is 2. The SMILES string of the molecule is Fc1ccccc1-c1noc(N2CCN(c3ccccc3F)CC2)n1. The van der Waals surface area contributed by atoms with E-state index >= 15 is 0 Å². The quantitative estimate of drug-likeness (QED) is 0.730. The van der Waals surface area contributed by atoms with E-state index in [2.05, 4.69) is 10.1 Å². The van der Waals surface area contributed by atoms with Gasteiger partial charge in [-0.05, 0) is 24.3 Å². The molecule has 2 heterocycles. The zero-order chi connectivity index (χ0) is 17.2. The molecule has 1 saturated heterocycles. The second kappa shape index (κ2) is 6.51. The lowest BCUT2D eigenvalue weighted by Gasteiger charge is -2.35. The highest BCUT2D eigenvalue weighted by Gasteiger charge is 2.23. The highest BCUT2D eigenvalue weighted by atomic mass is 19.1. The average Bonchev–Trinajstić information content (AvgIpc) is 3.13. The molecule has 0 N–H and O–H groups in total. The lowest BCUT2D eigenvalue weighted by Crippen LogP contribution is -2.47. The van der Waals surface area contributed by atoms with Gasteiger partial charge in [0.1, 0.15) is 11.6 Å². The number of benzene rings is 2. The molecule has 0 bridgehead atoms. The van der Waals surface area contributed by atoms with Gasteiger partial charge in [-0.25, -0.2) is 8.78 Å². The van der Waals surface area contributed by atoms with E-state index in [1.807, 2.05) is 15.9 Å². The van der Waals surface area contributed by atoms with Gasteiger partial charge in [0.15, 0.2) is 0 Å². The number of rotatable bonds is 3. The Labute approximate surface area is 143 Å². The molecule has 5 nitrogen and oxygen atoms in total. The molecule has 0 aliphatic carbocycles. The lowest BCUT2D eigenvalue weighted by atomic mass is 10.2. The van der Waals surface area contributed by atoms with E-state index in [9.17, 15) is 8.78 Å². The molecule has 0 unspecified atom stereocenters. The molecule has 2 aromatic carbocycles. The van der Waals surface area contributed by atoms with Crippen LogP contribution in [0.25, 0.3) is 11.4 Å². The fourth-order valence-corrected chi connectivity index (χ4v) is 2.94. The molecule has 0 saturated carbocycles. The summed E-state index contributed by atoms with van der Waals surface area (Å²) in [4.78, 5) is 8.21. The third-order valence-electron chi connectivity index (χ3n) is 4.27. The molecule has 7 heteroatoms. The number of aromatic nitrogens is 2. The van der Waals surface area contributed by atoms with Crippen LogP contribution in [-0.4, -0.2) is 36.3 Å². The van der Waals surface area contributed by atoms with E-state index in [1.165, 1.54) is 12.1 Å². The van der Waals surface area contributed by atoms with Gasteiger partial charge in [0.05, 0.1) is 11.3 Å². The van der Waals surface area contributed by atoms with Gasteiger partial charge in [-0.3, -0.25) is 0 Å². The molecule has 128 valence electrons. The normalized spacial score (nSPS) is 14.8. The molecular weight excluding hydrogens is 326 g/mol. The maximum Gasteiger partial charge on any atom is 0.324 e. The van der Waals surface area contributed by atoms with Gasteiger partial charge in [0, 0.05) is 26.2 Å². The first-order chi connectivity index (χ1) is 12.2. The summed E-state index contributed by atoms with van der Waals surface area (Å²) in [6.07, 6.45) is 0. The van der Waals surface area contributed by atoms with Crippen LogP contribution in [0.2, 0.25) is 0 Å². The van der Waals surface area contributed by atoms with E-state index in [1.54, 1.807) is 30.3 Å². The van der Waals surface area contributed by atoms with Gasteiger partial charge in [-0.15, -0.1) is 0 Å². The Balaban J connectivity index is 1.47. The van der Waals surface area contributed by atoms with E-state index in [4.69, 9.17) is 4.52 Å². The molecule has 0 atom stereocenters. The van der Waals surface area contributed by atoms with Gasteiger partial charge in [-0.2, -0.15) is 4.98 Å². The molecule has 0 amide bonds. The highest BCUT2D eigenvalue weighted by Crippen LogP contribution is 2.25. The molecule has 0 spiro atoms. The Morgan fingerprint density at radius 1 is 0.800 bits per heavy atom. The summed E-state index contributed by atoms with van der Waals surface area (Å²) >= 11 is 0. The fraction of sp³-hybridized carbons (Fsp3) is 0.222. The minimum atomic E-state index is -0.390. The van der Waals surface area contributed by atoms with Crippen molar-refractivity contribution in [3.8, 4) is 11.4 Å². The van der Waals surface area contributed by atoms with Gasteiger partial charge in [0.25, 0.3) is 0 Å². The number of anilines is 2. The number of hydrogen-bond donors (Lipinski definition) is 0. The Bertz CT molecular complexity index is 875. The van der Waals surface area contributed by atoms with Crippen molar-refractivity contribution >= 4 is 11.7 Å². The topological polar surface area (TPSA) is 45.4 Å². The fourth-order valence-electron chi connectivity index (χ4n) is 2.94. The first-order valence-electron chi connectivity index (χ1n) is 8.05. The molecule has 3 aromatic rings. The maximum absolute atomic E-state index is 13.9. The molecule has 1 aromatic heterocycles. The number of hydrogen-bond acceptors (Lipinski definition) is 5. The summed E-state index contributed by atoms with van der Waals surface area (Å²) in [5.41, 5.74) is 0.905. The van der Waals surface area contributed by atoms with E-state index in [0.717, 1.165) is 0 Å². The molecular formula is C18H16F2N4O. The molecule has 0 radical (unpaired) electrons. The first-order valence-corrected chi connectivity index (χ1v) is 8.05. The van der Waals surface area contributed by atoms with E-state index in [-0.39, 0.29) is 17.5 Å². The van der Waals surface area contributed by atoms with Crippen molar-refractivity contribution in [3.05, 3.63) is 60.2 Å². The number of piperazine rings is 1. The summed E-state index contributed by atoms with van der Waals surface area (Å²) in [7, 11) is 0. The zero-order valence-electron chi connectivity index (χ0n) is 13.4. The Hall–Kier alpha value is -2.96. The van der Waals surface area contributed by atoms with Crippen LogP contribution in [0.3, 0.4) is 0 Å². The molecule has 1 fully saturated rings. The van der Waals surface area contributed by atoms with E-state index < -0.39 is 0 Å². The monoisotopic (exact) mass is 342 g/mol. The van der Waals surface area contributed by atoms with Crippen molar-refractivity contribution in [2.24, 2.45) is 0 Å². The summed E-state index contributed by atoms with van der Waals surface area (Å²) in [6.45, 7) is 2.51. The number of para-hydroxylation sites is 1. The van der Waals surface area contributed by atoms with Crippen molar-refractivity contribution < 1.29 is 13.3 Å². The maximum atomic E-state index is 13.9. The minimum absolute atomic E-state index is 0.226. The zero-order valence-corrected chi connectivity index (χ0v) is 13.4. The molecule has 1 aliphatic heterocycles. The van der Waals surface area contributed by atoms with Crippen LogP contribution in [0.5, 0.6) is 0 Å². The van der Waals surface area contributed by atoms with Crippen LogP contribution in [0.1, 0.15) is 0 Å².